The number of β-amino-alcohol motifs (C(OH)–C–C–N with tert-alkyl or cyclic N) is 1. The molecule has 1 aromatic carbocycles. The number of aliphatic hydroxyl groups is 1. The Morgan fingerprint density at radius 2 is 1.97 bits per heavy atom. The van der Waals surface area contributed by atoms with Crippen LogP contribution in [0.5, 0.6) is 0 Å². The first-order valence-corrected chi connectivity index (χ1v) is 10.5. The number of nitrogens with zero attached hydrogens (tertiary/aromatic N) is 1. The van der Waals surface area contributed by atoms with Crippen LogP contribution in [0.15, 0.2) is 53.8 Å². The molecule has 6 nitrogen and oxygen atoms in total. The molecule has 0 amide bonds. The lowest BCUT2D eigenvalue weighted by molar-refractivity contribution is -0.132. The standard InChI is InChI=1S/C24H31NO5/c1-17(30-16-19(26)15-25-12-5-6-13-25)20-9-3-4-10-21(20)18-8-7-11-22(24(27)28)23(14-18)29-2/h3-4,7-10,14,17,19,26H,5-6,11-13,15-16H2,1-2H3,(H,27,28). The van der Waals surface area contributed by atoms with Gasteiger partial charge in [0.2, 0.25) is 0 Å². The molecule has 1 fully saturated rings. The monoisotopic (exact) mass is 413 g/mol. The van der Waals surface area contributed by atoms with Crippen molar-refractivity contribution in [2.24, 2.45) is 0 Å². The molecule has 162 valence electrons. The van der Waals surface area contributed by atoms with Gasteiger partial charge in [-0.1, -0.05) is 36.4 Å². The Morgan fingerprint density at radius 1 is 1.23 bits per heavy atom. The van der Waals surface area contributed by atoms with Crippen molar-refractivity contribution < 1.29 is 24.5 Å². The highest BCUT2D eigenvalue weighted by Crippen LogP contribution is 2.31. The third-order valence-corrected chi connectivity index (χ3v) is 5.60. The lowest BCUT2D eigenvalue weighted by Gasteiger charge is -2.22. The fourth-order valence-corrected chi connectivity index (χ4v) is 4.00. The first-order valence-electron chi connectivity index (χ1n) is 10.5. The highest BCUT2D eigenvalue weighted by atomic mass is 16.5. The molecule has 1 heterocycles. The average Bonchev–Trinajstić information content (AvgIpc) is 3.15. The number of hydrogen-bond donors (Lipinski definition) is 2. The molecule has 3 rings (SSSR count). The Hall–Kier alpha value is -2.41. The fraction of sp³-hybridized carbons (Fsp3) is 0.458. The number of aliphatic carboxylic acids is 1. The van der Waals surface area contributed by atoms with E-state index in [9.17, 15) is 15.0 Å². The first-order chi connectivity index (χ1) is 14.5. The van der Waals surface area contributed by atoms with E-state index in [2.05, 4.69) is 4.90 Å². The van der Waals surface area contributed by atoms with Crippen molar-refractivity contribution in [3.8, 4) is 0 Å². The van der Waals surface area contributed by atoms with Crippen LogP contribution in [-0.2, 0) is 14.3 Å². The number of ether oxygens (including phenoxy) is 2. The van der Waals surface area contributed by atoms with Crippen LogP contribution in [0.25, 0.3) is 5.57 Å². The minimum Gasteiger partial charge on any atom is -0.496 e. The third kappa shape index (κ3) is 5.59. The number of carbonyl (C=O) groups is 1. The highest BCUT2D eigenvalue weighted by Gasteiger charge is 2.20. The number of benzene rings is 1. The zero-order valence-electron chi connectivity index (χ0n) is 17.7. The number of carboxylic acid groups (broad SMARTS) is 1. The second kappa shape index (κ2) is 10.6. The van der Waals surface area contributed by atoms with Gasteiger partial charge in [-0.25, -0.2) is 4.79 Å². The lowest BCUT2D eigenvalue weighted by Crippen LogP contribution is -2.33. The van der Waals surface area contributed by atoms with Crippen LogP contribution in [-0.4, -0.2) is 60.5 Å². The lowest BCUT2D eigenvalue weighted by atomic mass is 9.96. The van der Waals surface area contributed by atoms with Crippen LogP contribution in [0.2, 0.25) is 0 Å². The van der Waals surface area contributed by atoms with E-state index in [-0.39, 0.29) is 18.3 Å². The van der Waals surface area contributed by atoms with E-state index >= 15 is 0 Å². The van der Waals surface area contributed by atoms with E-state index in [1.54, 1.807) is 6.08 Å². The number of methoxy groups -OCH3 is 1. The van der Waals surface area contributed by atoms with Gasteiger partial charge in [0.15, 0.2) is 0 Å². The quantitative estimate of drug-likeness (QED) is 0.645. The molecule has 2 atom stereocenters. The Labute approximate surface area is 178 Å². The van der Waals surface area contributed by atoms with Crippen molar-refractivity contribution in [2.45, 2.75) is 38.4 Å². The van der Waals surface area contributed by atoms with Crippen molar-refractivity contribution in [3.63, 3.8) is 0 Å². The number of likely N-dealkylation sites (tertiary alicyclic amines) is 1. The topological polar surface area (TPSA) is 79.2 Å². The fourth-order valence-electron chi connectivity index (χ4n) is 4.00. The molecule has 0 saturated carbocycles. The predicted octanol–water partition coefficient (Wildman–Crippen LogP) is 3.55. The van der Waals surface area contributed by atoms with Crippen molar-refractivity contribution in [1.82, 2.24) is 4.90 Å². The Bertz CT molecular complexity index is 836. The maximum atomic E-state index is 11.5. The molecule has 2 aliphatic rings. The summed E-state index contributed by atoms with van der Waals surface area (Å²) >= 11 is 0. The van der Waals surface area contributed by atoms with E-state index in [1.165, 1.54) is 20.0 Å². The number of rotatable bonds is 9. The van der Waals surface area contributed by atoms with Crippen LogP contribution in [0, 0.1) is 0 Å². The normalized spacial score (nSPS) is 19.4. The largest absolute Gasteiger partial charge is 0.496 e. The van der Waals surface area contributed by atoms with E-state index in [1.807, 2.05) is 43.3 Å². The van der Waals surface area contributed by atoms with Crippen LogP contribution in [0.3, 0.4) is 0 Å². The van der Waals surface area contributed by atoms with Gasteiger partial charge < -0.3 is 24.6 Å². The van der Waals surface area contributed by atoms with E-state index in [0.717, 1.165) is 29.8 Å². The highest BCUT2D eigenvalue weighted by molar-refractivity contribution is 5.90. The maximum Gasteiger partial charge on any atom is 0.335 e. The molecule has 6 heteroatoms. The van der Waals surface area contributed by atoms with Gasteiger partial charge in [0, 0.05) is 13.0 Å². The van der Waals surface area contributed by atoms with Crippen LogP contribution < -0.4 is 0 Å². The molecular formula is C24H31NO5. The molecule has 0 bridgehead atoms. The summed E-state index contributed by atoms with van der Waals surface area (Å²) in [6, 6.07) is 7.89. The minimum atomic E-state index is -0.981. The van der Waals surface area contributed by atoms with Crippen LogP contribution >= 0.6 is 0 Å². The average molecular weight is 414 g/mol. The van der Waals surface area contributed by atoms with E-state index < -0.39 is 12.1 Å². The van der Waals surface area contributed by atoms with Crippen LogP contribution in [0.1, 0.15) is 43.4 Å². The molecule has 2 unspecified atom stereocenters. The molecular weight excluding hydrogens is 382 g/mol. The van der Waals surface area contributed by atoms with E-state index in [4.69, 9.17) is 9.47 Å². The van der Waals surface area contributed by atoms with Crippen molar-refractivity contribution in [2.75, 3.05) is 33.4 Å². The summed E-state index contributed by atoms with van der Waals surface area (Å²) in [6.45, 7) is 4.97. The number of aliphatic hydroxyl groups excluding tert-OH is 1. The minimum absolute atomic E-state index is 0.221. The number of allylic oxidation sites excluding steroid dienone is 4. The summed E-state index contributed by atoms with van der Waals surface area (Å²) in [4.78, 5) is 13.8. The molecule has 1 aromatic rings. The Morgan fingerprint density at radius 3 is 2.67 bits per heavy atom. The molecule has 0 spiro atoms. The summed E-state index contributed by atoms with van der Waals surface area (Å²) in [5.41, 5.74) is 3.04. The molecule has 30 heavy (non-hydrogen) atoms. The summed E-state index contributed by atoms with van der Waals surface area (Å²) < 4.78 is 11.4. The van der Waals surface area contributed by atoms with Gasteiger partial charge in [0.25, 0.3) is 0 Å². The molecule has 1 saturated heterocycles. The van der Waals surface area contributed by atoms with Crippen molar-refractivity contribution >= 4 is 11.5 Å². The van der Waals surface area contributed by atoms with Crippen molar-refractivity contribution in [1.29, 1.82) is 0 Å². The zero-order chi connectivity index (χ0) is 21.5. The van der Waals surface area contributed by atoms with Gasteiger partial charge in [-0.05, 0) is 55.6 Å². The second-order valence-corrected chi connectivity index (χ2v) is 7.78. The second-order valence-electron chi connectivity index (χ2n) is 7.78. The number of carboxylic acids is 1. The van der Waals surface area contributed by atoms with Crippen molar-refractivity contribution in [3.05, 3.63) is 65.0 Å². The van der Waals surface area contributed by atoms with Gasteiger partial charge in [0.1, 0.15) is 5.76 Å². The Kier molecular flexibility index (Phi) is 7.85. The van der Waals surface area contributed by atoms with Gasteiger partial charge in [0.05, 0.1) is 31.5 Å². The number of hydrogen-bond acceptors (Lipinski definition) is 5. The summed E-state index contributed by atoms with van der Waals surface area (Å²) in [6.07, 6.45) is 7.47. The van der Waals surface area contributed by atoms with Gasteiger partial charge in [-0.15, -0.1) is 0 Å². The first kappa shape index (κ1) is 22.3. The molecule has 1 aliphatic heterocycles. The smallest absolute Gasteiger partial charge is 0.335 e. The summed E-state index contributed by atoms with van der Waals surface area (Å²) in [5, 5.41) is 19.8. The molecule has 2 N–H and O–H groups in total. The summed E-state index contributed by atoms with van der Waals surface area (Å²) in [7, 11) is 1.48. The summed E-state index contributed by atoms with van der Waals surface area (Å²) in [5.74, 6) is -0.627. The zero-order valence-corrected chi connectivity index (χ0v) is 17.7. The Balaban J connectivity index is 1.75. The predicted molar refractivity (Wildman–Crippen MR) is 116 cm³/mol. The van der Waals surface area contributed by atoms with E-state index in [0.29, 0.717) is 18.7 Å². The van der Waals surface area contributed by atoms with Crippen LogP contribution in [0.4, 0.5) is 0 Å². The van der Waals surface area contributed by atoms with Gasteiger partial charge in [-0.3, -0.25) is 0 Å². The van der Waals surface area contributed by atoms with Gasteiger partial charge >= 0.3 is 5.97 Å². The SMILES string of the molecule is COC1=C(C(=O)O)CC=CC(c2ccccc2C(C)OCC(O)CN2CCCC2)=C1. The van der Waals surface area contributed by atoms with Gasteiger partial charge in [-0.2, -0.15) is 0 Å². The maximum absolute atomic E-state index is 11.5. The third-order valence-electron chi connectivity index (χ3n) is 5.60. The molecule has 0 aromatic heterocycles. The molecule has 0 radical (unpaired) electrons. The molecule has 1 aliphatic carbocycles.